The summed E-state index contributed by atoms with van der Waals surface area (Å²) in [6.45, 7) is 4.33. The number of rotatable bonds is 6. The van der Waals surface area contributed by atoms with Crippen molar-refractivity contribution in [1.29, 1.82) is 0 Å². The van der Waals surface area contributed by atoms with E-state index in [1.807, 2.05) is 54.6 Å². The van der Waals surface area contributed by atoms with Gasteiger partial charge in [0.05, 0.1) is 11.6 Å². The number of aromatic nitrogens is 1. The standard InChI is InChI=1S/C23H24N2O/c1-17(2)16-21(18-8-4-3-5-9-18)25-22(26)14-13-20-11-6-10-19-12-7-15-24-23(19)20/h3-15,17,21H,16H2,1-2H3,(H,25,26)/b14-13+. The van der Waals surface area contributed by atoms with Gasteiger partial charge in [-0.3, -0.25) is 9.78 Å². The second-order valence-corrected chi connectivity index (χ2v) is 6.86. The smallest absolute Gasteiger partial charge is 0.244 e. The van der Waals surface area contributed by atoms with E-state index in [0.29, 0.717) is 5.92 Å². The van der Waals surface area contributed by atoms with Crippen molar-refractivity contribution in [3.63, 3.8) is 0 Å². The number of carbonyl (C=O) groups excluding carboxylic acids is 1. The van der Waals surface area contributed by atoms with Gasteiger partial charge in [0.15, 0.2) is 0 Å². The van der Waals surface area contributed by atoms with Gasteiger partial charge in [0, 0.05) is 23.2 Å². The summed E-state index contributed by atoms with van der Waals surface area (Å²) in [7, 11) is 0. The Morgan fingerprint density at radius 2 is 1.81 bits per heavy atom. The fourth-order valence-electron chi connectivity index (χ4n) is 3.08. The summed E-state index contributed by atoms with van der Waals surface area (Å²) in [6, 6.07) is 20.1. The third-order valence-corrected chi connectivity index (χ3v) is 4.30. The van der Waals surface area contributed by atoms with Crippen LogP contribution in [0, 0.1) is 5.92 Å². The van der Waals surface area contributed by atoms with Crippen LogP contribution in [-0.4, -0.2) is 10.9 Å². The first-order valence-corrected chi connectivity index (χ1v) is 9.01. The second kappa shape index (κ2) is 8.43. The van der Waals surface area contributed by atoms with Gasteiger partial charge in [-0.2, -0.15) is 0 Å². The highest BCUT2D eigenvalue weighted by Gasteiger charge is 2.14. The van der Waals surface area contributed by atoms with Crippen molar-refractivity contribution in [3.8, 4) is 0 Å². The van der Waals surface area contributed by atoms with Crippen LogP contribution in [0.15, 0.2) is 72.9 Å². The first-order chi connectivity index (χ1) is 12.6. The highest BCUT2D eigenvalue weighted by atomic mass is 16.1. The van der Waals surface area contributed by atoms with Gasteiger partial charge in [-0.25, -0.2) is 0 Å². The molecule has 1 aromatic heterocycles. The highest BCUT2D eigenvalue weighted by Crippen LogP contribution is 2.21. The lowest BCUT2D eigenvalue weighted by Crippen LogP contribution is -2.27. The summed E-state index contributed by atoms with van der Waals surface area (Å²) in [5, 5.41) is 4.20. The normalized spacial score (nSPS) is 12.6. The molecule has 3 heteroatoms. The quantitative estimate of drug-likeness (QED) is 0.628. The van der Waals surface area contributed by atoms with E-state index in [2.05, 4.69) is 36.3 Å². The number of hydrogen-bond acceptors (Lipinski definition) is 2. The Hall–Kier alpha value is -2.94. The summed E-state index contributed by atoms with van der Waals surface area (Å²) in [4.78, 5) is 16.9. The zero-order valence-electron chi connectivity index (χ0n) is 15.2. The van der Waals surface area contributed by atoms with E-state index in [1.165, 1.54) is 0 Å². The zero-order valence-corrected chi connectivity index (χ0v) is 15.2. The molecule has 1 heterocycles. The largest absolute Gasteiger partial charge is 0.346 e. The van der Waals surface area contributed by atoms with Gasteiger partial charge >= 0.3 is 0 Å². The number of pyridine rings is 1. The number of carbonyl (C=O) groups is 1. The lowest BCUT2D eigenvalue weighted by Gasteiger charge is -2.20. The molecule has 132 valence electrons. The van der Waals surface area contributed by atoms with Crippen LogP contribution in [-0.2, 0) is 4.79 Å². The molecule has 1 amide bonds. The molecule has 0 saturated carbocycles. The third-order valence-electron chi connectivity index (χ3n) is 4.30. The van der Waals surface area contributed by atoms with Gasteiger partial charge in [0.1, 0.15) is 0 Å². The molecule has 0 saturated heterocycles. The van der Waals surface area contributed by atoms with E-state index < -0.39 is 0 Å². The van der Waals surface area contributed by atoms with Crippen molar-refractivity contribution in [1.82, 2.24) is 10.3 Å². The number of nitrogens with zero attached hydrogens (tertiary/aromatic N) is 1. The molecule has 1 atom stereocenters. The maximum absolute atomic E-state index is 12.5. The molecular formula is C23H24N2O. The van der Waals surface area contributed by atoms with E-state index in [4.69, 9.17) is 0 Å². The molecule has 0 spiro atoms. The highest BCUT2D eigenvalue weighted by molar-refractivity contribution is 5.95. The molecular weight excluding hydrogens is 320 g/mol. The summed E-state index contributed by atoms with van der Waals surface area (Å²) in [6.07, 6.45) is 6.11. The molecule has 0 aliphatic rings. The van der Waals surface area contributed by atoms with Crippen LogP contribution < -0.4 is 5.32 Å². The van der Waals surface area contributed by atoms with Gasteiger partial charge < -0.3 is 5.32 Å². The van der Waals surface area contributed by atoms with Gasteiger partial charge in [-0.05, 0) is 30.0 Å². The molecule has 3 nitrogen and oxygen atoms in total. The Balaban J connectivity index is 1.76. The molecule has 26 heavy (non-hydrogen) atoms. The minimum atomic E-state index is -0.0903. The lowest BCUT2D eigenvalue weighted by molar-refractivity contribution is -0.117. The van der Waals surface area contributed by atoms with Gasteiger partial charge in [0.2, 0.25) is 5.91 Å². The predicted octanol–water partition coefficient (Wildman–Crippen LogP) is 5.15. The second-order valence-electron chi connectivity index (χ2n) is 6.86. The summed E-state index contributed by atoms with van der Waals surface area (Å²) >= 11 is 0. The fraction of sp³-hybridized carbons (Fsp3) is 0.217. The van der Waals surface area contributed by atoms with E-state index in [9.17, 15) is 4.79 Å². The maximum Gasteiger partial charge on any atom is 0.244 e. The molecule has 1 unspecified atom stereocenters. The molecule has 0 fully saturated rings. The first kappa shape index (κ1) is 17.9. The van der Waals surface area contributed by atoms with Crippen LogP contribution in [0.4, 0.5) is 0 Å². The van der Waals surface area contributed by atoms with Crippen molar-refractivity contribution in [2.75, 3.05) is 0 Å². The van der Waals surface area contributed by atoms with Crippen LogP contribution >= 0.6 is 0 Å². The minimum Gasteiger partial charge on any atom is -0.346 e. The van der Waals surface area contributed by atoms with E-state index >= 15 is 0 Å². The summed E-state index contributed by atoms with van der Waals surface area (Å²) in [5.41, 5.74) is 2.98. The number of fused-ring (bicyclic) bond motifs is 1. The number of amides is 1. The summed E-state index contributed by atoms with van der Waals surface area (Å²) in [5.74, 6) is 0.402. The Morgan fingerprint density at radius 1 is 1.04 bits per heavy atom. The Labute approximate surface area is 154 Å². The van der Waals surface area contributed by atoms with E-state index in [0.717, 1.165) is 28.5 Å². The molecule has 2 aromatic carbocycles. The van der Waals surface area contributed by atoms with Crippen LogP contribution in [0.5, 0.6) is 0 Å². The van der Waals surface area contributed by atoms with Crippen LogP contribution in [0.3, 0.4) is 0 Å². The van der Waals surface area contributed by atoms with Crippen molar-refractivity contribution in [3.05, 3.63) is 84.1 Å². The van der Waals surface area contributed by atoms with Crippen molar-refractivity contribution in [2.24, 2.45) is 5.92 Å². The lowest BCUT2D eigenvalue weighted by atomic mass is 9.97. The van der Waals surface area contributed by atoms with Crippen LogP contribution in [0.25, 0.3) is 17.0 Å². The molecule has 0 aliphatic heterocycles. The Bertz CT molecular complexity index is 895. The predicted molar refractivity (Wildman–Crippen MR) is 108 cm³/mol. The van der Waals surface area contributed by atoms with E-state index in [-0.39, 0.29) is 11.9 Å². The monoisotopic (exact) mass is 344 g/mol. The van der Waals surface area contributed by atoms with E-state index in [1.54, 1.807) is 12.3 Å². The topological polar surface area (TPSA) is 42.0 Å². The maximum atomic E-state index is 12.5. The molecule has 0 radical (unpaired) electrons. The molecule has 3 aromatic rings. The first-order valence-electron chi connectivity index (χ1n) is 9.01. The SMILES string of the molecule is CC(C)CC(NC(=O)/C=C/c1cccc2cccnc12)c1ccccc1. The van der Waals surface area contributed by atoms with Crippen molar-refractivity contribution >= 4 is 22.9 Å². The van der Waals surface area contributed by atoms with Crippen molar-refractivity contribution in [2.45, 2.75) is 26.3 Å². The Morgan fingerprint density at radius 3 is 2.58 bits per heavy atom. The fourth-order valence-corrected chi connectivity index (χ4v) is 3.08. The number of hydrogen-bond donors (Lipinski definition) is 1. The van der Waals surface area contributed by atoms with Crippen LogP contribution in [0.1, 0.15) is 37.4 Å². The van der Waals surface area contributed by atoms with Crippen molar-refractivity contribution < 1.29 is 4.79 Å². The van der Waals surface area contributed by atoms with Gasteiger partial charge in [-0.15, -0.1) is 0 Å². The van der Waals surface area contributed by atoms with Gasteiger partial charge in [0.25, 0.3) is 0 Å². The molecule has 0 bridgehead atoms. The zero-order chi connectivity index (χ0) is 18.4. The molecule has 1 N–H and O–H groups in total. The summed E-state index contributed by atoms with van der Waals surface area (Å²) < 4.78 is 0. The van der Waals surface area contributed by atoms with Crippen LogP contribution in [0.2, 0.25) is 0 Å². The number of benzene rings is 2. The average Bonchev–Trinajstić information content (AvgIpc) is 2.66. The molecule has 0 aliphatic carbocycles. The number of para-hydroxylation sites is 1. The molecule has 3 rings (SSSR count). The number of nitrogens with one attached hydrogen (secondary N) is 1. The minimum absolute atomic E-state index is 0.0130. The third kappa shape index (κ3) is 4.57. The van der Waals surface area contributed by atoms with Gasteiger partial charge in [-0.1, -0.05) is 68.4 Å². The average molecular weight is 344 g/mol. The Kier molecular flexibility index (Phi) is 5.80.